The van der Waals surface area contributed by atoms with Crippen LogP contribution in [0.15, 0.2) is 46.9 Å². The standard InChI is InChI=1S/C16H16BrF2N/c1-2-16(20,14-5-3-4-6-15(14)19)10-11-7-12(17)9-13(18)8-11/h3-9H,2,10,20H2,1H3. The lowest BCUT2D eigenvalue weighted by atomic mass is 9.82. The Morgan fingerprint density at radius 2 is 1.85 bits per heavy atom. The van der Waals surface area contributed by atoms with Crippen LogP contribution < -0.4 is 5.73 Å². The molecule has 2 aromatic rings. The predicted octanol–water partition coefficient (Wildman–Crippen LogP) is 4.53. The van der Waals surface area contributed by atoms with E-state index in [9.17, 15) is 8.78 Å². The molecule has 0 radical (unpaired) electrons. The van der Waals surface area contributed by atoms with Crippen molar-refractivity contribution < 1.29 is 8.78 Å². The Balaban J connectivity index is 2.39. The van der Waals surface area contributed by atoms with Gasteiger partial charge in [-0.05, 0) is 42.7 Å². The molecule has 1 unspecified atom stereocenters. The molecule has 0 saturated carbocycles. The first-order chi connectivity index (χ1) is 9.44. The van der Waals surface area contributed by atoms with Crippen molar-refractivity contribution in [3.8, 4) is 0 Å². The number of benzene rings is 2. The molecular weight excluding hydrogens is 324 g/mol. The Bertz CT molecular complexity index is 595. The van der Waals surface area contributed by atoms with Crippen molar-refractivity contribution >= 4 is 15.9 Å². The average molecular weight is 340 g/mol. The second-order valence-electron chi connectivity index (χ2n) is 4.94. The zero-order chi connectivity index (χ0) is 14.8. The molecule has 0 aliphatic carbocycles. The Morgan fingerprint density at radius 1 is 1.15 bits per heavy atom. The zero-order valence-electron chi connectivity index (χ0n) is 11.2. The summed E-state index contributed by atoms with van der Waals surface area (Å²) < 4.78 is 28.1. The van der Waals surface area contributed by atoms with E-state index in [-0.39, 0.29) is 11.6 Å². The summed E-state index contributed by atoms with van der Waals surface area (Å²) in [5, 5.41) is 0. The smallest absolute Gasteiger partial charge is 0.128 e. The van der Waals surface area contributed by atoms with Crippen molar-refractivity contribution in [1.82, 2.24) is 0 Å². The van der Waals surface area contributed by atoms with Crippen molar-refractivity contribution in [3.05, 3.63) is 69.7 Å². The number of hydrogen-bond donors (Lipinski definition) is 1. The lowest BCUT2D eigenvalue weighted by Gasteiger charge is -2.29. The highest BCUT2D eigenvalue weighted by atomic mass is 79.9. The quantitative estimate of drug-likeness (QED) is 0.869. The van der Waals surface area contributed by atoms with Gasteiger partial charge >= 0.3 is 0 Å². The maximum atomic E-state index is 14.0. The summed E-state index contributed by atoms with van der Waals surface area (Å²) in [5.74, 6) is -0.659. The molecule has 20 heavy (non-hydrogen) atoms. The molecular formula is C16H16BrF2N. The topological polar surface area (TPSA) is 26.0 Å². The summed E-state index contributed by atoms with van der Waals surface area (Å²) in [7, 11) is 0. The summed E-state index contributed by atoms with van der Waals surface area (Å²) in [4.78, 5) is 0. The minimum atomic E-state index is -0.849. The molecule has 2 N–H and O–H groups in total. The molecule has 2 rings (SSSR count). The van der Waals surface area contributed by atoms with Crippen LogP contribution >= 0.6 is 15.9 Å². The SMILES string of the molecule is CCC(N)(Cc1cc(F)cc(Br)c1)c1ccccc1F. The van der Waals surface area contributed by atoms with E-state index in [0.29, 0.717) is 22.9 Å². The highest BCUT2D eigenvalue weighted by Crippen LogP contribution is 2.29. The van der Waals surface area contributed by atoms with E-state index in [1.54, 1.807) is 24.3 Å². The van der Waals surface area contributed by atoms with Gasteiger partial charge in [0.25, 0.3) is 0 Å². The van der Waals surface area contributed by atoms with Crippen LogP contribution in [-0.4, -0.2) is 0 Å². The highest BCUT2D eigenvalue weighted by Gasteiger charge is 2.28. The molecule has 0 aliphatic rings. The molecule has 0 amide bonds. The summed E-state index contributed by atoms with van der Waals surface area (Å²) in [6.45, 7) is 1.90. The molecule has 0 fully saturated rings. The summed E-state index contributed by atoms with van der Waals surface area (Å²) in [5.41, 5.74) is 6.73. The van der Waals surface area contributed by atoms with Crippen molar-refractivity contribution in [2.24, 2.45) is 5.73 Å². The summed E-state index contributed by atoms with van der Waals surface area (Å²) in [6, 6.07) is 11.1. The van der Waals surface area contributed by atoms with Crippen molar-refractivity contribution in [3.63, 3.8) is 0 Å². The molecule has 0 aliphatic heterocycles. The second-order valence-corrected chi connectivity index (χ2v) is 5.86. The van der Waals surface area contributed by atoms with Crippen molar-refractivity contribution in [2.75, 3.05) is 0 Å². The van der Waals surface area contributed by atoms with Gasteiger partial charge in [0.15, 0.2) is 0 Å². The van der Waals surface area contributed by atoms with Gasteiger partial charge in [-0.1, -0.05) is 41.1 Å². The second kappa shape index (κ2) is 6.02. The Labute approximate surface area is 125 Å². The fourth-order valence-corrected chi connectivity index (χ4v) is 2.87. The van der Waals surface area contributed by atoms with Crippen LogP contribution in [-0.2, 0) is 12.0 Å². The van der Waals surface area contributed by atoms with Gasteiger partial charge in [0.2, 0.25) is 0 Å². The minimum Gasteiger partial charge on any atom is -0.321 e. The van der Waals surface area contributed by atoms with Crippen LogP contribution in [0.25, 0.3) is 0 Å². The third kappa shape index (κ3) is 3.25. The molecule has 1 atom stereocenters. The highest BCUT2D eigenvalue weighted by molar-refractivity contribution is 9.10. The first kappa shape index (κ1) is 15.1. The summed E-state index contributed by atoms with van der Waals surface area (Å²) >= 11 is 3.26. The Kier molecular flexibility index (Phi) is 4.55. The molecule has 0 spiro atoms. The first-order valence-corrected chi connectivity index (χ1v) is 7.23. The maximum absolute atomic E-state index is 14.0. The number of halogens is 3. The lowest BCUT2D eigenvalue weighted by molar-refractivity contribution is 0.402. The van der Waals surface area contributed by atoms with Crippen LogP contribution in [0.4, 0.5) is 8.78 Å². The van der Waals surface area contributed by atoms with Gasteiger partial charge in [-0.2, -0.15) is 0 Å². The molecule has 4 heteroatoms. The van der Waals surface area contributed by atoms with Crippen LogP contribution in [0, 0.1) is 11.6 Å². The Morgan fingerprint density at radius 3 is 2.45 bits per heavy atom. The molecule has 0 saturated heterocycles. The van der Waals surface area contributed by atoms with Crippen LogP contribution in [0.3, 0.4) is 0 Å². The van der Waals surface area contributed by atoms with Crippen LogP contribution in [0.2, 0.25) is 0 Å². The molecule has 2 aromatic carbocycles. The maximum Gasteiger partial charge on any atom is 0.128 e. The van der Waals surface area contributed by atoms with Crippen molar-refractivity contribution in [2.45, 2.75) is 25.3 Å². The van der Waals surface area contributed by atoms with Gasteiger partial charge < -0.3 is 5.73 Å². The van der Waals surface area contributed by atoms with Gasteiger partial charge in [0.05, 0.1) is 0 Å². The molecule has 0 bridgehead atoms. The van der Waals surface area contributed by atoms with E-state index in [0.717, 1.165) is 5.56 Å². The van der Waals surface area contributed by atoms with Gasteiger partial charge in [-0.25, -0.2) is 8.78 Å². The van der Waals surface area contributed by atoms with Crippen LogP contribution in [0.5, 0.6) is 0 Å². The molecule has 1 nitrogen and oxygen atoms in total. The predicted molar refractivity (Wildman–Crippen MR) is 80.4 cm³/mol. The van der Waals surface area contributed by atoms with Gasteiger partial charge in [-0.15, -0.1) is 0 Å². The first-order valence-electron chi connectivity index (χ1n) is 6.43. The monoisotopic (exact) mass is 339 g/mol. The fourth-order valence-electron chi connectivity index (χ4n) is 2.35. The van der Waals surface area contributed by atoms with Crippen LogP contribution in [0.1, 0.15) is 24.5 Å². The molecule has 106 valence electrons. The van der Waals surface area contributed by atoms with E-state index < -0.39 is 5.54 Å². The zero-order valence-corrected chi connectivity index (χ0v) is 12.8. The largest absolute Gasteiger partial charge is 0.321 e. The third-order valence-electron chi connectivity index (χ3n) is 3.48. The third-order valence-corrected chi connectivity index (χ3v) is 3.94. The van der Waals surface area contributed by atoms with E-state index in [1.807, 2.05) is 6.92 Å². The van der Waals surface area contributed by atoms with E-state index >= 15 is 0 Å². The van der Waals surface area contributed by atoms with Gasteiger partial charge in [-0.3, -0.25) is 0 Å². The molecule has 0 heterocycles. The van der Waals surface area contributed by atoms with E-state index in [4.69, 9.17) is 5.73 Å². The summed E-state index contributed by atoms with van der Waals surface area (Å²) in [6.07, 6.45) is 0.933. The van der Waals surface area contributed by atoms with Gasteiger partial charge in [0, 0.05) is 15.6 Å². The molecule has 0 aromatic heterocycles. The minimum absolute atomic E-state index is 0.327. The number of hydrogen-bond acceptors (Lipinski definition) is 1. The normalized spacial score (nSPS) is 14.1. The number of rotatable bonds is 4. The van der Waals surface area contributed by atoms with E-state index in [1.165, 1.54) is 18.2 Å². The number of nitrogens with two attached hydrogens (primary N) is 1. The van der Waals surface area contributed by atoms with Crippen molar-refractivity contribution in [1.29, 1.82) is 0 Å². The Hall–Kier alpha value is -1.26. The lowest BCUT2D eigenvalue weighted by Crippen LogP contribution is -2.39. The van der Waals surface area contributed by atoms with E-state index in [2.05, 4.69) is 15.9 Å². The fraction of sp³-hybridized carbons (Fsp3) is 0.250. The average Bonchev–Trinajstić information content (AvgIpc) is 2.37. The van der Waals surface area contributed by atoms with Gasteiger partial charge in [0.1, 0.15) is 11.6 Å².